The lowest BCUT2D eigenvalue weighted by molar-refractivity contribution is 0.0996. The summed E-state index contributed by atoms with van der Waals surface area (Å²) in [5.74, 6) is -0.00852. The standard InChI is InChI=1S/C9H8N4O2/c10-6-4-11-9(12-5-6)13-8(14)7-2-1-3-15-7/h1-5H,10H2,(H,11,12,13,14). The van der Waals surface area contributed by atoms with Crippen molar-refractivity contribution in [2.24, 2.45) is 0 Å². The van der Waals surface area contributed by atoms with E-state index in [9.17, 15) is 4.79 Å². The van der Waals surface area contributed by atoms with E-state index in [4.69, 9.17) is 10.2 Å². The van der Waals surface area contributed by atoms with E-state index in [0.717, 1.165) is 0 Å². The molecule has 0 aromatic carbocycles. The number of furan rings is 1. The molecule has 0 saturated heterocycles. The van der Waals surface area contributed by atoms with Crippen molar-refractivity contribution in [3.8, 4) is 0 Å². The molecule has 2 heterocycles. The summed E-state index contributed by atoms with van der Waals surface area (Å²) in [6.45, 7) is 0. The molecule has 1 amide bonds. The molecule has 6 heteroatoms. The topological polar surface area (TPSA) is 94.0 Å². The van der Waals surface area contributed by atoms with Gasteiger partial charge in [-0.1, -0.05) is 0 Å². The number of hydrogen-bond donors (Lipinski definition) is 2. The van der Waals surface area contributed by atoms with Crippen LogP contribution in [-0.2, 0) is 0 Å². The van der Waals surface area contributed by atoms with Gasteiger partial charge < -0.3 is 10.2 Å². The van der Waals surface area contributed by atoms with Gasteiger partial charge in [-0.2, -0.15) is 0 Å². The zero-order chi connectivity index (χ0) is 10.7. The molecule has 0 radical (unpaired) electrons. The van der Waals surface area contributed by atoms with Gasteiger partial charge in [-0.3, -0.25) is 10.1 Å². The second kappa shape index (κ2) is 3.79. The van der Waals surface area contributed by atoms with Crippen LogP contribution in [0.2, 0.25) is 0 Å². The lowest BCUT2D eigenvalue weighted by atomic mass is 10.4. The number of anilines is 2. The summed E-state index contributed by atoms with van der Waals surface area (Å²) in [6, 6.07) is 3.17. The highest BCUT2D eigenvalue weighted by molar-refractivity contribution is 6.01. The molecule has 2 aromatic heterocycles. The third-order valence-corrected chi connectivity index (χ3v) is 1.64. The van der Waals surface area contributed by atoms with Crippen molar-refractivity contribution < 1.29 is 9.21 Å². The summed E-state index contributed by atoms with van der Waals surface area (Å²) < 4.78 is 4.90. The van der Waals surface area contributed by atoms with Gasteiger partial charge in [0.25, 0.3) is 5.91 Å². The van der Waals surface area contributed by atoms with E-state index in [1.54, 1.807) is 12.1 Å². The number of nitrogens with two attached hydrogens (primary N) is 1. The van der Waals surface area contributed by atoms with Gasteiger partial charge in [-0.05, 0) is 12.1 Å². The van der Waals surface area contributed by atoms with Crippen LogP contribution < -0.4 is 11.1 Å². The number of amides is 1. The number of aromatic nitrogens is 2. The van der Waals surface area contributed by atoms with Crippen molar-refractivity contribution in [3.05, 3.63) is 36.5 Å². The van der Waals surface area contributed by atoms with E-state index < -0.39 is 5.91 Å². The molecule has 2 aromatic rings. The minimum absolute atomic E-state index is 0.186. The van der Waals surface area contributed by atoms with Crippen LogP contribution in [0, 0.1) is 0 Å². The van der Waals surface area contributed by atoms with Crippen LogP contribution in [0.25, 0.3) is 0 Å². The lowest BCUT2D eigenvalue weighted by Gasteiger charge is -2.00. The van der Waals surface area contributed by atoms with Crippen LogP contribution in [-0.4, -0.2) is 15.9 Å². The fourth-order valence-corrected chi connectivity index (χ4v) is 0.973. The van der Waals surface area contributed by atoms with Gasteiger partial charge in [-0.15, -0.1) is 0 Å². The van der Waals surface area contributed by atoms with Crippen LogP contribution in [0.15, 0.2) is 35.2 Å². The molecular weight excluding hydrogens is 196 g/mol. The molecule has 0 spiro atoms. The minimum Gasteiger partial charge on any atom is -0.459 e. The lowest BCUT2D eigenvalue weighted by Crippen LogP contribution is -2.13. The molecule has 6 nitrogen and oxygen atoms in total. The van der Waals surface area contributed by atoms with Crippen molar-refractivity contribution >= 4 is 17.5 Å². The summed E-state index contributed by atoms with van der Waals surface area (Å²) in [4.78, 5) is 19.1. The number of carbonyl (C=O) groups excluding carboxylic acids is 1. The Kier molecular flexibility index (Phi) is 2.32. The molecule has 0 bridgehead atoms. The Hall–Kier alpha value is -2.37. The summed E-state index contributed by atoms with van der Waals surface area (Å²) in [5, 5.41) is 2.46. The van der Waals surface area contributed by atoms with Gasteiger partial charge in [0.1, 0.15) is 0 Å². The first kappa shape index (κ1) is 9.20. The van der Waals surface area contributed by atoms with Crippen molar-refractivity contribution in [1.82, 2.24) is 9.97 Å². The highest BCUT2D eigenvalue weighted by Gasteiger charge is 2.09. The van der Waals surface area contributed by atoms with Crippen molar-refractivity contribution in [1.29, 1.82) is 0 Å². The number of nitrogens with one attached hydrogen (secondary N) is 1. The van der Waals surface area contributed by atoms with E-state index >= 15 is 0 Å². The molecule has 2 rings (SSSR count). The fraction of sp³-hybridized carbons (Fsp3) is 0. The predicted molar refractivity (Wildman–Crippen MR) is 53.1 cm³/mol. The normalized spacial score (nSPS) is 9.87. The Morgan fingerprint density at radius 2 is 2.13 bits per heavy atom. The molecule has 0 unspecified atom stereocenters. The Morgan fingerprint density at radius 3 is 2.73 bits per heavy atom. The number of nitrogens with zero attached hydrogens (tertiary/aromatic N) is 2. The zero-order valence-electron chi connectivity index (χ0n) is 7.68. The Labute approximate surface area is 85.1 Å². The quantitative estimate of drug-likeness (QED) is 0.758. The summed E-state index contributed by atoms with van der Waals surface area (Å²) in [7, 11) is 0. The van der Waals surface area contributed by atoms with Crippen molar-refractivity contribution in [2.45, 2.75) is 0 Å². The predicted octanol–water partition coefficient (Wildman–Crippen LogP) is 0.904. The SMILES string of the molecule is Nc1cnc(NC(=O)c2ccco2)nc1. The second-order valence-corrected chi connectivity index (χ2v) is 2.77. The maximum absolute atomic E-state index is 11.4. The van der Waals surface area contributed by atoms with Gasteiger partial charge in [0.15, 0.2) is 5.76 Å². The first-order valence-electron chi connectivity index (χ1n) is 4.18. The Balaban J connectivity index is 2.09. The Bertz CT molecular complexity index is 449. The molecule has 0 fully saturated rings. The molecular formula is C9H8N4O2. The smallest absolute Gasteiger partial charge is 0.293 e. The van der Waals surface area contributed by atoms with Crippen LogP contribution in [0.3, 0.4) is 0 Å². The van der Waals surface area contributed by atoms with E-state index in [0.29, 0.717) is 5.69 Å². The van der Waals surface area contributed by atoms with E-state index in [1.807, 2.05) is 0 Å². The first-order chi connectivity index (χ1) is 7.25. The number of carbonyl (C=O) groups is 1. The monoisotopic (exact) mass is 204 g/mol. The summed E-state index contributed by atoms with van der Waals surface area (Å²) in [6.07, 6.45) is 4.23. The number of hydrogen-bond acceptors (Lipinski definition) is 5. The van der Waals surface area contributed by atoms with Gasteiger partial charge in [0.05, 0.1) is 24.3 Å². The molecule has 0 saturated carbocycles. The number of rotatable bonds is 2. The van der Waals surface area contributed by atoms with E-state index in [2.05, 4.69) is 15.3 Å². The minimum atomic E-state index is -0.398. The first-order valence-corrected chi connectivity index (χ1v) is 4.18. The zero-order valence-corrected chi connectivity index (χ0v) is 7.68. The van der Waals surface area contributed by atoms with Crippen molar-refractivity contribution in [3.63, 3.8) is 0 Å². The molecule has 0 aliphatic rings. The number of nitrogen functional groups attached to an aromatic ring is 1. The largest absolute Gasteiger partial charge is 0.459 e. The average Bonchev–Trinajstić information content (AvgIpc) is 2.74. The van der Waals surface area contributed by atoms with Crippen LogP contribution >= 0.6 is 0 Å². The maximum atomic E-state index is 11.4. The van der Waals surface area contributed by atoms with Gasteiger partial charge in [-0.25, -0.2) is 9.97 Å². The molecule has 3 N–H and O–H groups in total. The fourth-order valence-electron chi connectivity index (χ4n) is 0.973. The van der Waals surface area contributed by atoms with Crippen LogP contribution in [0.1, 0.15) is 10.6 Å². The summed E-state index contributed by atoms with van der Waals surface area (Å²) >= 11 is 0. The molecule has 76 valence electrons. The molecule has 0 atom stereocenters. The summed E-state index contributed by atoms with van der Waals surface area (Å²) in [5.41, 5.74) is 5.83. The average molecular weight is 204 g/mol. The highest BCUT2D eigenvalue weighted by Crippen LogP contribution is 2.05. The molecule has 15 heavy (non-hydrogen) atoms. The van der Waals surface area contributed by atoms with Gasteiger partial charge in [0.2, 0.25) is 5.95 Å². The van der Waals surface area contributed by atoms with E-state index in [-0.39, 0.29) is 11.7 Å². The third-order valence-electron chi connectivity index (χ3n) is 1.64. The van der Waals surface area contributed by atoms with Crippen LogP contribution in [0.5, 0.6) is 0 Å². The third kappa shape index (κ3) is 2.11. The van der Waals surface area contributed by atoms with Gasteiger partial charge >= 0.3 is 0 Å². The Morgan fingerprint density at radius 1 is 1.40 bits per heavy atom. The van der Waals surface area contributed by atoms with Gasteiger partial charge in [0, 0.05) is 0 Å². The van der Waals surface area contributed by atoms with Crippen LogP contribution in [0.4, 0.5) is 11.6 Å². The molecule has 0 aliphatic heterocycles. The highest BCUT2D eigenvalue weighted by atomic mass is 16.3. The van der Waals surface area contributed by atoms with E-state index in [1.165, 1.54) is 18.7 Å². The maximum Gasteiger partial charge on any atom is 0.293 e. The van der Waals surface area contributed by atoms with Crippen molar-refractivity contribution in [2.75, 3.05) is 11.1 Å². The second-order valence-electron chi connectivity index (χ2n) is 2.77. The molecule has 0 aliphatic carbocycles.